The molecule has 0 spiro atoms. The Morgan fingerprint density at radius 2 is 2.06 bits per heavy atom. The molecule has 3 heteroatoms. The number of rotatable bonds is 4. The lowest BCUT2D eigenvalue weighted by atomic mass is 9.90. The van der Waals surface area contributed by atoms with Crippen LogP contribution in [-0.4, -0.2) is 12.9 Å². The smallest absolute Gasteiger partial charge is 0.175 e. The maximum atomic E-state index is 13.7. The third-order valence-corrected chi connectivity index (χ3v) is 3.32. The first-order chi connectivity index (χ1) is 8.31. The summed E-state index contributed by atoms with van der Waals surface area (Å²) in [6.45, 7) is 0.555. The van der Waals surface area contributed by atoms with Crippen LogP contribution < -0.4 is 4.74 Å². The van der Waals surface area contributed by atoms with E-state index in [4.69, 9.17) is 4.74 Å². The Kier molecular flexibility index (Phi) is 4.13. The van der Waals surface area contributed by atoms with Crippen LogP contribution in [0.2, 0.25) is 0 Å². The van der Waals surface area contributed by atoms with Gasteiger partial charge >= 0.3 is 0 Å². The molecule has 1 fully saturated rings. The molecule has 0 atom stereocenters. The van der Waals surface area contributed by atoms with Crippen molar-refractivity contribution in [2.75, 3.05) is 6.61 Å². The minimum atomic E-state index is -0.543. The molecule has 1 aromatic carbocycles. The summed E-state index contributed by atoms with van der Waals surface area (Å²) in [5.41, 5.74) is 0.0612. The molecule has 17 heavy (non-hydrogen) atoms. The number of hydrogen-bond acceptors (Lipinski definition) is 2. The van der Waals surface area contributed by atoms with Crippen molar-refractivity contribution in [1.29, 1.82) is 0 Å². The van der Waals surface area contributed by atoms with Gasteiger partial charge in [-0.1, -0.05) is 25.3 Å². The van der Waals surface area contributed by atoms with Crippen molar-refractivity contribution in [3.8, 4) is 5.75 Å². The first kappa shape index (κ1) is 12.1. The van der Waals surface area contributed by atoms with Crippen LogP contribution in [0.5, 0.6) is 5.75 Å². The molecule has 0 saturated heterocycles. The van der Waals surface area contributed by atoms with Gasteiger partial charge in [0.15, 0.2) is 17.9 Å². The van der Waals surface area contributed by atoms with Gasteiger partial charge in [-0.15, -0.1) is 0 Å². The van der Waals surface area contributed by atoms with E-state index >= 15 is 0 Å². The Balaban J connectivity index is 1.96. The first-order valence-corrected chi connectivity index (χ1v) is 6.17. The fraction of sp³-hybridized carbons (Fsp3) is 0.500. The van der Waals surface area contributed by atoms with Crippen molar-refractivity contribution in [1.82, 2.24) is 0 Å². The molecule has 0 amide bonds. The summed E-state index contributed by atoms with van der Waals surface area (Å²) in [5.74, 6) is 0.182. The lowest BCUT2D eigenvalue weighted by Gasteiger charge is -2.21. The maximum absolute atomic E-state index is 13.7. The topological polar surface area (TPSA) is 26.3 Å². The van der Waals surface area contributed by atoms with Gasteiger partial charge in [-0.25, -0.2) is 4.39 Å². The number of hydrogen-bond donors (Lipinski definition) is 0. The number of benzene rings is 1. The normalized spacial score (nSPS) is 16.8. The van der Waals surface area contributed by atoms with E-state index < -0.39 is 5.82 Å². The summed E-state index contributed by atoms with van der Waals surface area (Å²) >= 11 is 0. The zero-order chi connectivity index (χ0) is 12.1. The zero-order valence-corrected chi connectivity index (χ0v) is 9.82. The van der Waals surface area contributed by atoms with Gasteiger partial charge in [-0.3, -0.25) is 4.79 Å². The van der Waals surface area contributed by atoms with Gasteiger partial charge in [-0.05, 0) is 30.9 Å². The quantitative estimate of drug-likeness (QED) is 0.747. The summed E-state index contributed by atoms with van der Waals surface area (Å²) in [7, 11) is 0. The van der Waals surface area contributed by atoms with Crippen molar-refractivity contribution in [2.45, 2.75) is 32.1 Å². The zero-order valence-electron chi connectivity index (χ0n) is 9.82. The lowest BCUT2D eigenvalue weighted by Crippen LogP contribution is -2.15. The van der Waals surface area contributed by atoms with E-state index in [1.54, 1.807) is 12.1 Å². The highest BCUT2D eigenvalue weighted by Crippen LogP contribution is 2.26. The number of aldehydes is 1. The molecule has 1 aliphatic rings. The van der Waals surface area contributed by atoms with E-state index in [2.05, 4.69) is 0 Å². The Labute approximate surface area is 101 Å². The Bertz CT molecular complexity index is 384. The van der Waals surface area contributed by atoms with E-state index in [0.717, 1.165) is 12.8 Å². The summed E-state index contributed by atoms with van der Waals surface area (Å²) < 4.78 is 19.2. The van der Waals surface area contributed by atoms with Crippen LogP contribution in [0, 0.1) is 11.7 Å². The van der Waals surface area contributed by atoms with Gasteiger partial charge in [0.1, 0.15) is 0 Å². The van der Waals surface area contributed by atoms with Crippen LogP contribution in [0.15, 0.2) is 18.2 Å². The maximum Gasteiger partial charge on any atom is 0.175 e. The van der Waals surface area contributed by atoms with E-state index in [1.807, 2.05) is 0 Å². The molecule has 0 bridgehead atoms. The van der Waals surface area contributed by atoms with Crippen LogP contribution in [0.25, 0.3) is 0 Å². The van der Waals surface area contributed by atoms with E-state index in [1.165, 1.54) is 25.3 Å². The number of carbonyl (C=O) groups excluding carboxylic acids is 1. The van der Waals surface area contributed by atoms with Gasteiger partial charge in [0.2, 0.25) is 0 Å². The van der Waals surface area contributed by atoms with Gasteiger partial charge in [0, 0.05) is 0 Å². The highest BCUT2D eigenvalue weighted by molar-refractivity contribution is 5.76. The van der Waals surface area contributed by atoms with Crippen molar-refractivity contribution >= 4 is 6.29 Å². The minimum Gasteiger partial charge on any atom is -0.490 e. The summed E-state index contributed by atoms with van der Waals surface area (Å²) in [4.78, 5) is 10.6. The predicted molar refractivity (Wildman–Crippen MR) is 63.9 cm³/mol. The minimum absolute atomic E-state index is 0.0612. The Morgan fingerprint density at radius 3 is 2.76 bits per heavy atom. The highest BCUT2D eigenvalue weighted by atomic mass is 19.1. The van der Waals surface area contributed by atoms with Crippen LogP contribution in [0.4, 0.5) is 4.39 Å². The standard InChI is InChI=1S/C14H17FO2/c15-14-12(9-16)7-4-8-13(14)17-10-11-5-2-1-3-6-11/h4,7-9,11H,1-3,5-6,10H2. The second-order valence-electron chi connectivity index (χ2n) is 4.59. The fourth-order valence-corrected chi connectivity index (χ4v) is 2.29. The van der Waals surface area contributed by atoms with Gasteiger partial charge in [0.25, 0.3) is 0 Å². The third-order valence-electron chi connectivity index (χ3n) is 3.32. The van der Waals surface area contributed by atoms with Crippen LogP contribution >= 0.6 is 0 Å². The molecular weight excluding hydrogens is 219 g/mol. The summed E-state index contributed by atoms with van der Waals surface area (Å²) in [6.07, 6.45) is 6.62. The van der Waals surface area contributed by atoms with Gasteiger partial charge in [0.05, 0.1) is 12.2 Å². The van der Waals surface area contributed by atoms with Crippen LogP contribution in [0.1, 0.15) is 42.5 Å². The Hall–Kier alpha value is -1.38. The average Bonchev–Trinajstić information content (AvgIpc) is 2.39. The molecule has 1 aromatic rings. The fourth-order valence-electron chi connectivity index (χ4n) is 2.29. The van der Waals surface area contributed by atoms with Gasteiger partial charge < -0.3 is 4.74 Å². The predicted octanol–water partition coefficient (Wildman–Crippen LogP) is 3.60. The molecule has 1 saturated carbocycles. The second kappa shape index (κ2) is 5.80. The largest absolute Gasteiger partial charge is 0.490 e. The molecule has 92 valence electrons. The molecular formula is C14H17FO2. The van der Waals surface area contributed by atoms with Crippen LogP contribution in [-0.2, 0) is 0 Å². The third kappa shape index (κ3) is 3.05. The molecule has 1 aliphatic carbocycles. The highest BCUT2D eigenvalue weighted by Gasteiger charge is 2.15. The summed E-state index contributed by atoms with van der Waals surface area (Å²) in [6, 6.07) is 4.67. The molecule has 0 N–H and O–H groups in total. The number of ether oxygens (including phenoxy) is 1. The van der Waals surface area contributed by atoms with Crippen molar-refractivity contribution in [3.63, 3.8) is 0 Å². The van der Waals surface area contributed by atoms with E-state index in [0.29, 0.717) is 18.8 Å². The van der Waals surface area contributed by atoms with Crippen molar-refractivity contribution < 1.29 is 13.9 Å². The van der Waals surface area contributed by atoms with Crippen molar-refractivity contribution in [3.05, 3.63) is 29.6 Å². The molecule has 2 rings (SSSR count). The molecule has 0 radical (unpaired) electrons. The molecule has 0 aliphatic heterocycles. The number of halogens is 1. The summed E-state index contributed by atoms with van der Waals surface area (Å²) in [5, 5.41) is 0. The monoisotopic (exact) mass is 236 g/mol. The van der Waals surface area contributed by atoms with Crippen LogP contribution in [0.3, 0.4) is 0 Å². The van der Waals surface area contributed by atoms with Crippen molar-refractivity contribution in [2.24, 2.45) is 5.92 Å². The molecule has 0 aromatic heterocycles. The average molecular weight is 236 g/mol. The van der Waals surface area contributed by atoms with E-state index in [9.17, 15) is 9.18 Å². The Morgan fingerprint density at radius 1 is 1.29 bits per heavy atom. The first-order valence-electron chi connectivity index (χ1n) is 6.17. The SMILES string of the molecule is O=Cc1cccc(OCC2CCCCC2)c1F. The number of carbonyl (C=O) groups is 1. The lowest BCUT2D eigenvalue weighted by molar-refractivity contribution is 0.111. The van der Waals surface area contributed by atoms with E-state index in [-0.39, 0.29) is 11.3 Å². The molecule has 0 unspecified atom stereocenters. The molecule has 0 heterocycles. The second-order valence-corrected chi connectivity index (χ2v) is 4.59. The van der Waals surface area contributed by atoms with Gasteiger partial charge in [-0.2, -0.15) is 0 Å². The molecule has 2 nitrogen and oxygen atoms in total.